The van der Waals surface area contributed by atoms with Crippen LogP contribution in [0.15, 0.2) is 22.8 Å². The Morgan fingerprint density at radius 1 is 1.32 bits per heavy atom. The Kier molecular flexibility index (Phi) is 7.92. The molecule has 1 aliphatic heterocycles. The Hall–Kier alpha value is -1.13. The van der Waals surface area contributed by atoms with Gasteiger partial charge in [0, 0.05) is 0 Å². The SMILES string of the molecule is CC1=C(CC/C(C)=C/CCC2(C)CCC([C@H](C)C(=O)O)OO2)C(C)(C)CCC1. The summed E-state index contributed by atoms with van der Waals surface area (Å²) in [5, 5.41) is 9.11. The van der Waals surface area contributed by atoms with Gasteiger partial charge in [0.05, 0.1) is 5.92 Å². The molecule has 1 aliphatic carbocycles. The summed E-state index contributed by atoms with van der Waals surface area (Å²) in [6, 6.07) is 0. The first-order chi connectivity index (χ1) is 13.0. The van der Waals surface area contributed by atoms with Gasteiger partial charge in [-0.3, -0.25) is 4.79 Å². The lowest BCUT2D eigenvalue weighted by Gasteiger charge is -2.37. The van der Waals surface area contributed by atoms with E-state index in [0.717, 1.165) is 32.1 Å². The van der Waals surface area contributed by atoms with E-state index in [1.54, 1.807) is 18.1 Å². The van der Waals surface area contributed by atoms with Crippen molar-refractivity contribution < 1.29 is 19.7 Å². The molecule has 3 atom stereocenters. The number of rotatable bonds is 8. The minimum atomic E-state index is -0.831. The molecule has 2 unspecified atom stereocenters. The Morgan fingerprint density at radius 2 is 2.04 bits per heavy atom. The van der Waals surface area contributed by atoms with Gasteiger partial charge in [-0.25, -0.2) is 9.78 Å². The van der Waals surface area contributed by atoms with Crippen LogP contribution in [0, 0.1) is 11.3 Å². The molecule has 0 aromatic carbocycles. The molecule has 1 heterocycles. The van der Waals surface area contributed by atoms with Crippen molar-refractivity contribution >= 4 is 5.97 Å². The number of hydrogen-bond donors (Lipinski definition) is 1. The topological polar surface area (TPSA) is 55.8 Å². The first-order valence-electron chi connectivity index (χ1n) is 11.0. The third-order valence-electron chi connectivity index (χ3n) is 6.90. The third-order valence-corrected chi connectivity index (χ3v) is 6.90. The van der Waals surface area contributed by atoms with Crippen LogP contribution >= 0.6 is 0 Å². The van der Waals surface area contributed by atoms with Gasteiger partial charge >= 0.3 is 5.97 Å². The van der Waals surface area contributed by atoms with E-state index in [9.17, 15) is 4.79 Å². The number of carboxylic acid groups (broad SMARTS) is 1. The maximum atomic E-state index is 11.1. The van der Waals surface area contributed by atoms with Crippen molar-refractivity contribution in [3.63, 3.8) is 0 Å². The molecule has 0 radical (unpaired) electrons. The average molecular weight is 393 g/mol. The van der Waals surface area contributed by atoms with Crippen LogP contribution in [0.25, 0.3) is 0 Å². The molecule has 0 spiro atoms. The van der Waals surface area contributed by atoms with E-state index in [-0.39, 0.29) is 11.7 Å². The minimum Gasteiger partial charge on any atom is -0.481 e. The van der Waals surface area contributed by atoms with Gasteiger partial charge in [-0.1, -0.05) is 36.6 Å². The molecule has 28 heavy (non-hydrogen) atoms. The summed E-state index contributed by atoms with van der Waals surface area (Å²) in [6.45, 7) is 13.1. The second-order valence-electron chi connectivity index (χ2n) is 9.92. The van der Waals surface area contributed by atoms with Crippen molar-refractivity contribution in [1.82, 2.24) is 0 Å². The lowest BCUT2D eigenvalue weighted by atomic mass is 9.71. The van der Waals surface area contributed by atoms with Gasteiger partial charge in [0.15, 0.2) is 0 Å². The van der Waals surface area contributed by atoms with E-state index in [1.807, 2.05) is 0 Å². The molecular formula is C24H40O4. The van der Waals surface area contributed by atoms with E-state index in [2.05, 4.69) is 40.7 Å². The van der Waals surface area contributed by atoms with E-state index < -0.39 is 11.9 Å². The van der Waals surface area contributed by atoms with Crippen LogP contribution in [0.1, 0.15) is 99.3 Å². The maximum Gasteiger partial charge on any atom is 0.308 e. The predicted octanol–water partition coefficient (Wildman–Crippen LogP) is 6.61. The fraction of sp³-hybridized carbons (Fsp3) is 0.792. The highest BCUT2D eigenvalue weighted by molar-refractivity contribution is 5.70. The second kappa shape index (κ2) is 9.58. The minimum absolute atomic E-state index is 0.323. The van der Waals surface area contributed by atoms with Crippen LogP contribution in [-0.2, 0) is 14.6 Å². The quantitative estimate of drug-likeness (QED) is 0.373. The molecule has 1 N–H and O–H groups in total. The zero-order chi connectivity index (χ0) is 20.9. The van der Waals surface area contributed by atoms with Crippen molar-refractivity contribution in [1.29, 1.82) is 0 Å². The second-order valence-corrected chi connectivity index (χ2v) is 9.92. The summed E-state index contributed by atoms with van der Waals surface area (Å²) < 4.78 is 0. The zero-order valence-electron chi connectivity index (χ0n) is 18.8. The molecule has 2 rings (SSSR count). The fourth-order valence-corrected chi connectivity index (χ4v) is 4.65. The number of carboxylic acids is 1. The van der Waals surface area contributed by atoms with Crippen LogP contribution in [0.2, 0.25) is 0 Å². The molecule has 0 amide bonds. The smallest absolute Gasteiger partial charge is 0.308 e. The monoisotopic (exact) mass is 392 g/mol. The molecule has 0 bridgehead atoms. The number of allylic oxidation sites excluding steroid dienone is 4. The third kappa shape index (κ3) is 6.18. The Morgan fingerprint density at radius 3 is 2.61 bits per heavy atom. The van der Waals surface area contributed by atoms with Crippen LogP contribution in [-0.4, -0.2) is 22.8 Å². The molecule has 160 valence electrons. The first kappa shape index (κ1) is 23.2. The fourth-order valence-electron chi connectivity index (χ4n) is 4.65. The van der Waals surface area contributed by atoms with Crippen LogP contribution in [0.3, 0.4) is 0 Å². The maximum absolute atomic E-state index is 11.1. The van der Waals surface area contributed by atoms with E-state index in [4.69, 9.17) is 14.9 Å². The van der Waals surface area contributed by atoms with E-state index in [1.165, 1.54) is 31.3 Å². The first-order valence-corrected chi connectivity index (χ1v) is 11.0. The lowest BCUT2D eigenvalue weighted by molar-refractivity contribution is -0.411. The number of carbonyl (C=O) groups is 1. The average Bonchev–Trinajstić information content (AvgIpc) is 2.60. The van der Waals surface area contributed by atoms with E-state index >= 15 is 0 Å². The largest absolute Gasteiger partial charge is 0.481 e. The van der Waals surface area contributed by atoms with Gasteiger partial charge in [0.25, 0.3) is 0 Å². The highest BCUT2D eigenvalue weighted by Gasteiger charge is 2.37. The number of hydrogen-bond acceptors (Lipinski definition) is 3. The van der Waals surface area contributed by atoms with Crippen LogP contribution in [0.4, 0.5) is 0 Å². The van der Waals surface area contributed by atoms with Gasteiger partial charge in [0.1, 0.15) is 11.7 Å². The number of aliphatic carboxylic acids is 1. The summed E-state index contributed by atoms with van der Waals surface area (Å²) in [5.41, 5.74) is 4.75. The summed E-state index contributed by atoms with van der Waals surface area (Å²) in [4.78, 5) is 22.2. The predicted molar refractivity (Wildman–Crippen MR) is 113 cm³/mol. The Balaban J connectivity index is 1.79. The van der Waals surface area contributed by atoms with Gasteiger partial charge in [0.2, 0.25) is 0 Å². The van der Waals surface area contributed by atoms with Gasteiger partial charge in [-0.2, -0.15) is 0 Å². The molecule has 2 aliphatic rings. The molecule has 4 nitrogen and oxygen atoms in total. The Labute approximate surface area is 171 Å². The zero-order valence-corrected chi connectivity index (χ0v) is 18.8. The highest BCUT2D eigenvalue weighted by Crippen LogP contribution is 2.42. The summed E-state index contributed by atoms with van der Waals surface area (Å²) in [5.74, 6) is -1.37. The highest BCUT2D eigenvalue weighted by atomic mass is 17.2. The normalized spacial score (nSPS) is 29.6. The summed E-state index contributed by atoms with van der Waals surface area (Å²) in [6.07, 6.45) is 11.6. The standard InChI is InChI=1S/C24H40O4/c1-17(11-12-20-18(2)10-8-14-23(20,4)5)9-7-15-24(6)16-13-21(27-28-24)19(3)22(25)26/h9,19,21H,7-8,10-16H2,1-6H3,(H,25,26)/b17-9+/t19-,21?,24?/m0/s1. The van der Waals surface area contributed by atoms with E-state index in [0.29, 0.717) is 5.41 Å². The molecular weight excluding hydrogens is 352 g/mol. The summed E-state index contributed by atoms with van der Waals surface area (Å²) >= 11 is 0. The van der Waals surface area contributed by atoms with Crippen molar-refractivity contribution in [2.24, 2.45) is 11.3 Å². The van der Waals surface area contributed by atoms with Crippen LogP contribution < -0.4 is 0 Å². The summed E-state index contributed by atoms with van der Waals surface area (Å²) in [7, 11) is 0. The van der Waals surface area contributed by atoms with Gasteiger partial charge in [-0.15, -0.1) is 0 Å². The molecule has 0 saturated carbocycles. The molecule has 1 saturated heterocycles. The lowest BCUT2D eigenvalue weighted by Crippen LogP contribution is -2.41. The van der Waals surface area contributed by atoms with Gasteiger partial charge in [-0.05, 0) is 90.9 Å². The molecule has 1 fully saturated rings. The van der Waals surface area contributed by atoms with Crippen molar-refractivity contribution in [3.05, 3.63) is 22.8 Å². The molecule has 4 heteroatoms. The van der Waals surface area contributed by atoms with Crippen molar-refractivity contribution in [3.8, 4) is 0 Å². The molecule has 0 aromatic heterocycles. The van der Waals surface area contributed by atoms with Crippen LogP contribution in [0.5, 0.6) is 0 Å². The van der Waals surface area contributed by atoms with Crippen molar-refractivity contribution in [2.75, 3.05) is 0 Å². The van der Waals surface area contributed by atoms with Crippen molar-refractivity contribution in [2.45, 2.75) is 111 Å². The Bertz CT molecular complexity index is 606. The molecule has 0 aromatic rings. The van der Waals surface area contributed by atoms with Gasteiger partial charge < -0.3 is 5.11 Å².